The molecule has 0 saturated heterocycles. The molecule has 1 rings (SSSR count). The Kier molecular flexibility index (Phi) is 5.70. The van der Waals surface area contributed by atoms with E-state index in [0.717, 1.165) is 5.92 Å². The fourth-order valence-electron chi connectivity index (χ4n) is 2.13. The minimum atomic E-state index is 0.442. The second-order valence-electron chi connectivity index (χ2n) is 5.67. The molecule has 0 aromatic heterocycles. The number of hydrogen-bond acceptors (Lipinski definition) is 1. The zero-order valence-electron chi connectivity index (χ0n) is 12.0. The van der Waals surface area contributed by atoms with Crippen molar-refractivity contribution >= 4 is 0 Å². The van der Waals surface area contributed by atoms with E-state index in [2.05, 4.69) is 64.2 Å². The second-order valence-corrected chi connectivity index (χ2v) is 5.67. The molecule has 1 aromatic rings. The van der Waals surface area contributed by atoms with Crippen molar-refractivity contribution in [3.8, 4) is 0 Å². The lowest BCUT2D eigenvalue weighted by Crippen LogP contribution is -2.29. The third-order valence-corrected chi connectivity index (χ3v) is 3.25. The number of aryl methyl sites for hydroxylation is 1. The van der Waals surface area contributed by atoms with Gasteiger partial charge in [0.1, 0.15) is 0 Å². The molecule has 0 fully saturated rings. The zero-order valence-corrected chi connectivity index (χ0v) is 12.0. The molecular weight excluding hydrogens is 206 g/mol. The van der Waals surface area contributed by atoms with Crippen LogP contribution < -0.4 is 5.32 Å². The maximum absolute atomic E-state index is 3.68. The number of benzene rings is 1. The van der Waals surface area contributed by atoms with E-state index in [1.54, 1.807) is 0 Å². The molecule has 2 unspecified atom stereocenters. The highest BCUT2D eigenvalue weighted by Crippen LogP contribution is 2.16. The summed E-state index contributed by atoms with van der Waals surface area (Å²) >= 11 is 0. The van der Waals surface area contributed by atoms with Gasteiger partial charge in [0.2, 0.25) is 0 Å². The van der Waals surface area contributed by atoms with Gasteiger partial charge >= 0.3 is 0 Å². The predicted octanol–water partition coefficient (Wildman–Crippen LogP) is 4.47. The van der Waals surface area contributed by atoms with Crippen LogP contribution in [0.25, 0.3) is 0 Å². The van der Waals surface area contributed by atoms with E-state index in [1.165, 1.54) is 24.0 Å². The zero-order chi connectivity index (χ0) is 12.8. The molecule has 0 aliphatic rings. The first kappa shape index (κ1) is 14.2. The van der Waals surface area contributed by atoms with Crippen LogP contribution in [-0.2, 0) is 0 Å². The van der Waals surface area contributed by atoms with Gasteiger partial charge in [0.15, 0.2) is 0 Å². The molecule has 1 N–H and O–H groups in total. The van der Waals surface area contributed by atoms with E-state index in [0.29, 0.717) is 12.1 Å². The summed E-state index contributed by atoms with van der Waals surface area (Å²) in [6.07, 6.45) is 2.56. The first-order valence-electron chi connectivity index (χ1n) is 6.81. The van der Waals surface area contributed by atoms with Crippen molar-refractivity contribution < 1.29 is 0 Å². The van der Waals surface area contributed by atoms with Crippen molar-refractivity contribution in [1.29, 1.82) is 0 Å². The molecule has 0 spiro atoms. The Hall–Kier alpha value is -0.820. The number of hydrogen-bond donors (Lipinski definition) is 1. The van der Waals surface area contributed by atoms with Crippen molar-refractivity contribution in [1.82, 2.24) is 5.32 Å². The van der Waals surface area contributed by atoms with Gasteiger partial charge in [-0.3, -0.25) is 0 Å². The van der Waals surface area contributed by atoms with Gasteiger partial charge in [0.25, 0.3) is 0 Å². The predicted molar refractivity (Wildman–Crippen MR) is 76.3 cm³/mol. The quantitative estimate of drug-likeness (QED) is 0.764. The Bertz CT molecular complexity index is 330. The molecule has 0 bridgehead atoms. The van der Waals surface area contributed by atoms with E-state index < -0.39 is 0 Å². The minimum Gasteiger partial charge on any atom is -0.308 e. The lowest BCUT2D eigenvalue weighted by molar-refractivity contribution is 0.417. The van der Waals surface area contributed by atoms with Gasteiger partial charge in [-0.05, 0) is 45.1 Å². The fourth-order valence-corrected chi connectivity index (χ4v) is 2.13. The average Bonchev–Trinajstić information content (AvgIpc) is 2.26. The highest BCUT2D eigenvalue weighted by molar-refractivity contribution is 5.24. The van der Waals surface area contributed by atoms with Gasteiger partial charge in [-0.1, -0.05) is 43.7 Å². The maximum atomic E-state index is 3.68. The molecule has 96 valence electrons. The van der Waals surface area contributed by atoms with E-state index in [9.17, 15) is 0 Å². The molecule has 1 nitrogen and oxygen atoms in total. The molecule has 0 radical (unpaired) electrons. The second kappa shape index (κ2) is 6.80. The van der Waals surface area contributed by atoms with Crippen LogP contribution >= 0.6 is 0 Å². The highest BCUT2D eigenvalue weighted by Gasteiger charge is 2.09. The molecular formula is C16H27N. The lowest BCUT2D eigenvalue weighted by Gasteiger charge is -2.21. The smallest absolute Gasteiger partial charge is 0.0294 e. The molecule has 1 heteroatoms. The summed E-state index contributed by atoms with van der Waals surface area (Å²) in [6, 6.07) is 9.80. The van der Waals surface area contributed by atoms with Gasteiger partial charge in [0, 0.05) is 12.1 Å². The van der Waals surface area contributed by atoms with E-state index in [1.807, 2.05) is 0 Å². The Morgan fingerprint density at radius 1 is 1.06 bits per heavy atom. The normalized spacial score (nSPS) is 14.9. The third-order valence-electron chi connectivity index (χ3n) is 3.25. The van der Waals surface area contributed by atoms with Crippen molar-refractivity contribution in [3.05, 3.63) is 35.4 Å². The lowest BCUT2D eigenvalue weighted by atomic mass is 10.0. The van der Waals surface area contributed by atoms with E-state index in [-0.39, 0.29) is 0 Å². The van der Waals surface area contributed by atoms with Crippen molar-refractivity contribution in [3.63, 3.8) is 0 Å². The first-order valence-corrected chi connectivity index (χ1v) is 6.81. The van der Waals surface area contributed by atoms with Crippen molar-refractivity contribution in [2.24, 2.45) is 5.92 Å². The Morgan fingerprint density at radius 3 is 2.35 bits per heavy atom. The number of nitrogens with one attached hydrogen (secondary N) is 1. The van der Waals surface area contributed by atoms with Crippen LogP contribution in [0.1, 0.15) is 57.7 Å². The van der Waals surface area contributed by atoms with Gasteiger partial charge in [-0.15, -0.1) is 0 Å². The Labute approximate surface area is 107 Å². The highest BCUT2D eigenvalue weighted by atomic mass is 14.9. The van der Waals surface area contributed by atoms with E-state index >= 15 is 0 Å². The summed E-state index contributed by atoms with van der Waals surface area (Å²) in [5.74, 6) is 0.800. The third kappa shape index (κ3) is 5.36. The van der Waals surface area contributed by atoms with Crippen LogP contribution in [-0.4, -0.2) is 6.04 Å². The van der Waals surface area contributed by atoms with Crippen LogP contribution in [0.4, 0.5) is 0 Å². The van der Waals surface area contributed by atoms with Gasteiger partial charge in [0.05, 0.1) is 0 Å². The molecule has 0 saturated carbocycles. The van der Waals surface area contributed by atoms with Crippen LogP contribution in [0.3, 0.4) is 0 Å². The topological polar surface area (TPSA) is 12.0 Å². The summed E-state index contributed by atoms with van der Waals surface area (Å²) in [5, 5.41) is 3.68. The van der Waals surface area contributed by atoms with Crippen LogP contribution in [0.2, 0.25) is 0 Å². The van der Waals surface area contributed by atoms with Crippen LogP contribution in [0.15, 0.2) is 24.3 Å². The Morgan fingerprint density at radius 2 is 1.76 bits per heavy atom. The molecule has 2 atom stereocenters. The summed E-state index contributed by atoms with van der Waals surface area (Å²) in [7, 11) is 0. The fraction of sp³-hybridized carbons (Fsp3) is 0.625. The molecule has 1 aromatic carbocycles. The molecule has 17 heavy (non-hydrogen) atoms. The van der Waals surface area contributed by atoms with E-state index in [4.69, 9.17) is 0 Å². The minimum absolute atomic E-state index is 0.442. The molecule has 0 amide bonds. The van der Waals surface area contributed by atoms with Gasteiger partial charge in [-0.25, -0.2) is 0 Å². The van der Waals surface area contributed by atoms with Crippen molar-refractivity contribution in [2.45, 2.75) is 59.5 Å². The van der Waals surface area contributed by atoms with Crippen LogP contribution in [0.5, 0.6) is 0 Å². The summed E-state index contributed by atoms with van der Waals surface area (Å²) in [5.41, 5.74) is 2.73. The first-order chi connectivity index (χ1) is 7.99. The van der Waals surface area contributed by atoms with Gasteiger partial charge < -0.3 is 5.32 Å². The summed E-state index contributed by atoms with van der Waals surface area (Å²) in [6.45, 7) is 11.3. The molecule has 0 heterocycles. The average molecular weight is 233 g/mol. The standard InChI is InChI=1S/C16H27N/c1-12(2)9-10-14(4)17-15(5)16-8-6-7-13(3)11-16/h6-8,11-12,14-15,17H,9-10H2,1-5H3. The SMILES string of the molecule is Cc1cccc(C(C)NC(C)CCC(C)C)c1. The molecule has 0 aliphatic carbocycles. The summed E-state index contributed by atoms with van der Waals surface area (Å²) < 4.78 is 0. The largest absolute Gasteiger partial charge is 0.308 e. The van der Waals surface area contributed by atoms with Gasteiger partial charge in [-0.2, -0.15) is 0 Å². The summed E-state index contributed by atoms with van der Waals surface area (Å²) in [4.78, 5) is 0. The molecule has 0 aliphatic heterocycles. The monoisotopic (exact) mass is 233 g/mol. The maximum Gasteiger partial charge on any atom is 0.0294 e. The van der Waals surface area contributed by atoms with Crippen molar-refractivity contribution in [2.75, 3.05) is 0 Å². The Balaban J connectivity index is 2.45. The van der Waals surface area contributed by atoms with Crippen LogP contribution in [0, 0.1) is 12.8 Å². The number of rotatable bonds is 6.